The van der Waals surface area contributed by atoms with E-state index in [9.17, 15) is 19.5 Å². The second kappa shape index (κ2) is 13.0. The Kier molecular flexibility index (Phi) is 9.72. The van der Waals surface area contributed by atoms with Gasteiger partial charge >= 0.3 is 11.9 Å². The quantitative estimate of drug-likeness (QED) is 0.191. The van der Waals surface area contributed by atoms with Gasteiger partial charge < -0.3 is 24.6 Å². The van der Waals surface area contributed by atoms with Crippen molar-refractivity contribution in [1.29, 1.82) is 0 Å². The lowest BCUT2D eigenvalue weighted by atomic mass is 9.82. The monoisotopic (exact) mass is 538 g/mol. The summed E-state index contributed by atoms with van der Waals surface area (Å²) in [4.78, 5) is 42.4. The lowest BCUT2D eigenvalue weighted by Gasteiger charge is -2.37. The first-order valence-electron chi connectivity index (χ1n) is 11.8. The molecule has 0 saturated heterocycles. The number of amides is 1. The minimum atomic E-state index is -1.71. The molecule has 38 heavy (non-hydrogen) atoms. The average Bonchev–Trinajstić information content (AvgIpc) is 2.92. The van der Waals surface area contributed by atoms with Crippen molar-refractivity contribution < 1.29 is 33.7 Å². The van der Waals surface area contributed by atoms with Gasteiger partial charge in [-0.3, -0.25) is 9.59 Å². The van der Waals surface area contributed by atoms with Crippen LogP contribution in [0.3, 0.4) is 0 Å². The molecular formula is C28H30N2O7S. The fourth-order valence-corrected chi connectivity index (χ4v) is 5.15. The van der Waals surface area contributed by atoms with E-state index in [0.29, 0.717) is 0 Å². The molecule has 0 unspecified atom stereocenters. The summed E-state index contributed by atoms with van der Waals surface area (Å²) in [5.74, 6) is -3.06. The molecule has 10 heteroatoms. The molecule has 0 aliphatic carbocycles. The number of hydrogen-bond donors (Lipinski definition) is 2. The van der Waals surface area contributed by atoms with E-state index < -0.39 is 36.1 Å². The number of aliphatic carboxylic acids is 1. The van der Waals surface area contributed by atoms with Gasteiger partial charge in [0.25, 0.3) is 5.91 Å². The second-order valence-electron chi connectivity index (χ2n) is 8.60. The number of thioether (sulfide) groups is 1. The van der Waals surface area contributed by atoms with Crippen molar-refractivity contribution >= 4 is 29.6 Å². The molecule has 0 fully saturated rings. The molecule has 3 atom stereocenters. The maximum atomic E-state index is 13.5. The molecular weight excluding hydrogens is 508 g/mol. The number of carbonyl (C=O) groups is 3. The number of rotatable bonds is 12. The predicted octanol–water partition coefficient (Wildman–Crippen LogP) is 4.73. The highest BCUT2D eigenvalue weighted by Gasteiger charge is 2.45. The van der Waals surface area contributed by atoms with Crippen LogP contribution < -0.4 is 14.8 Å². The van der Waals surface area contributed by atoms with Crippen LogP contribution >= 0.6 is 11.8 Å². The number of nitrogens with zero attached hydrogens (tertiary/aromatic N) is 1. The summed E-state index contributed by atoms with van der Waals surface area (Å²) in [6.45, 7) is 4.00. The smallest absolute Gasteiger partial charge is 0.329 e. The number of carbonyl (C=O) groups excluding carboxylic acids is 2. The normalized spacial score (nSPS) is 13.9. The molecule has 3 rings (SSSR count). The maximum Gasteiger partial charge on any atom is 0.329 e. The number of methoxy groups -OCH3 is 1. The number of esters is 1. The first-order valence-corrected chi connectivity index (χ1v) is 12.7. The van der Waals surface area contributed by atoms with Crippen LogP contribution in [0.5, 0.6) is 11.5 Å². The van der Waals surface area contributed by atoms with Crippen molar-refractivity contribution in [3.05, 3.63) is 84.2 Å². The van der Waals surface area contributed by atoms with E-state index in [0.717, 1.165) is 10.5 Å². The fraction of sp³-hybridized carbons (Fsp3) is 0.286. The third-order valence-corrected chi connectivity index (χ3v) is 7.56. The van der Waals surface area contributed by atoms with Gasteiger partial charge in [0.05, 0.1) is 7.11 Å². The van der Waals surface area contributed by atoms with E-state index >= 15 is 0 Å². The van der Waals surface area contributed by atoms with E-state index in [1.165, 1.54) is 45.0 Å². The molecule has 2 aromatic carbocycles. The Morgan fingerprint density at radius 2 is 1.68 bits per heavy atom. The van der Waals surface area contributed by atoms with Crippen molar-refractivity contribution in [3.8, 4) is 11.5 Å². The standard InChI is InChI=1S/C28H30N2O7S/c1-18(25(20-11-7-5-8-12-20)38-21-13-9-6-10-14-21)28(3,27(33)34)30-26(32)23-24(37-17-36-19(2)31)22(35-4)15-16-29-23/h5-16,18,25H,17H2,1-4H3,(H,30,32)(H,33,34)/t18-,25-,28+/m1/s1. The number of benzene rings is 2. The molecule has 0 radical (unpaired) electrons. The van der Waals surface area contributed by atoms with Gasteiger partial charge in [-0.1, -0.05) is 55.5 Å². The Labute approximate surface area is 225 Å². The molecule has 3 aromatic rings. The molecule has 1 amide bonds. The minimum absolute atomic E-state index is 0.0765. The fourth-order valence-electron chi connectivity index (χ4n) is 3.77. The first kappa shape index (κ1) is 28.5. The molecule has 0 bridgehead atoms. The molecule has 1 aromatic heterocycles. The number of aromatic nitrogens is 1. The van der Waals surface area contributed by atoms with Crippen molar-refractivity contribution in [2.24, 2.45) is 5.92 Å². The molecule has 0 aliphatic rings. The first-order chi connectivity index (χ1) is 18.2. The largest absolute Gasteiger partial charge is 0.493 e. The van der Waals surface area contributed by atoms with Gasteiger partial charge in [-0.05, 0) is 24.6 Å². The Balaban J connectivity index is 1.96. The topological polar surface area (TPSA) is 124 Å². The van der Waals surface area contributed by atoms with E-state index in [4.69, 9.17) is 14.2 Å². The van der Waals surface area contributed by atoms with Gasteiger partial charge in [0.1, 0.15) is 5.54 Å². The number of carboxylic acids is 1. The van der Waals surface area contributed by atoms with E-state index in [1.54, 1.807) is 6.92 Å². The molecule has 0 spiro atoms. The molecule has 0 saturated carbocycles. The summed E-state index contributed by atoms with van der Waals surface area (Å²) in [7, 11) is 1.38. The highest BCUT2D eigenvalue weighted by molar-refractivity contribution is 7.99. The van der Waals surface area contributed by atoms with Crippen molar-refractivity contribution in [2.75, 3.05) is 13.9 Å². The van der Waals surface area contributed by atoms with Gasteiger partial charge in [0.2, 0.25) is 6.79 Å². The molecule has 9 nitrogen and oxygen atoms in total. The third kappa shape index (κ3) is 6.83. The summed E-state index contributed by atoms with van der Waals surface area (Å²) in [6.07, 6.45) is 1.34. The van der Waals surface area contributed by atoms with E-state index in [-0.39, 0.29) is 22.4 Å². The number of ether oxygens (including phenoxy) is 3. The van der Waals surface area contributed by atoms with Crippen LogP contribution in [0.25, 0.3) is 0 Å². The molecule has 2 N–H and O–H groups in total. The van der Waals surface area contributed by atoms with Crippen LogP contribution in [0.15, 0.2) is 77.8 Å². The van der Waals surface area contributed by atoms with Crippen LogP contribution in [0, 0.1) is 5.92 Å². The van der Waals surface area contributed by atoms with Crippen LogP contribution in [-0.2, 0) is 14.3 Å². The van der Waals surface area contributed by atoms with E-state index in [1.807, 2.05) is 60.7 Å². The third-order valence-electron chi connectivity index (χ3n) is 6.09. The zero-order chi connectivity index (χ0) is 27.7. The van der Waals surface area contributed by atoms with Crippen molar-refractivity contribution in [2.45, 2.75) is 36.5 Å². The highest BCUT2D eigenvalue weighted by atomic mass is 32.2. The van der Waals surface area contributed by atoms with Gasteiger partial charge in [-0.2, -0.15) is 0 Å². The van der Waals surface area contributed by atoms with Gasteiger partial charge in [0, 0.05) is 35.3 Å². The second-order valence-corrected chi connectivity index (χ2v) is 9.82. The number of nitrogens with one attached hydrogen (secondary N) is 1. The SMILES string of the molecule is COc1ccnc(C(=O)N[C@](C)(C(=O)O)[C@H](C)[C@@H](Sc2ccccc2)c2ccccc2)c1OCOC(C)=O. The molecule has 200 valence electrons. The number of carboxylic acid groups (broad SMARTS) is 1. The van der Waals surface area contributed by atoms with Crippen LogP contribution in [0.2, 0.25) is 0 Å². The predicted molar refractivity (Wildman–Crippen MR) is 142 cm³/mol. The van der Waals surface area contributed by atoms with Gasteiger partial charge in [-0.25, -0.2) is 9.78 Å². The summed E-state index contributed by atoms with van der Waals surface area (Å²) in [5, 5.41) is 12.7. The number of pyridine rings is 1. The van der Waals surface area contributed by atoms with Crippen LogP contribution in [0.1, 0.15) is 42.1 Å². The highest BCUT2D eigenvalue weighted by Crippen LogP contribution is 2.45. The van der Waals surface area contributed by atoms with E-state index in [2.05, 4.69) is 10.3 Å². The summed E-state index contributed by atoms with van der Waals surface area (Å²) >= 11 is 1.52. The average molecular weight is 539 g/mol. The summed E-state index contributed by atoms with van der Waals surface area (Å²) < 4.78 is 15.6. The Morgan fingerprint density at radius 3 is 2.26 bits per heavy atom. The lowest BCUT2D eigenvalue weighted by Crippen LogP contribution is -2.57. The maximum absolute atomic E-state index is 13.5. The zero-order valence-corrected chi connectivity index (χ0v) is 22.4. The molecule has 1 heterocycles. The molecule has 0 aliphatic heterocycles. The summed E-state index contributed by atoms with van der Waals surface area (Å²) in [6, 6.07) is 20.7. The Hall–Kier alpha value is -4.05. The minimum Gasteiger partial charge on any atom is -0.493 e. The summed E-state index contributed by atoms with van der Waals surface area (Å²) in [5.41, 5.74) is -0.999. The number of hydrogen-bond acceptors (Lipinski definition) is 8. The zero-order valence-electron chi connectivity index (χ0n) is 21.5. The van der Waals surface area contributed by atoms with Gasteiger partial charge in [-0.15, -0.1) is 11.8 Å². The lowest BCUT2D eigenvalue weighted by molar-refractivity contribution is -0.148. The van der Waals surface area contributed by atoms with Gasteiger partial charge in [0.15, 0.2) is 17.2 Å². The van der Waals surface area contributed by atoms with Crippen LogP contribution in [0.4, 0.5) is 0 Å². The van der Waals surface area contributed by atoms with Crippen LogP contribution in [-0.4, -0.2) is 47.4 Å². The van der Waals surface area contributed by atoms with Crippen molar-refractivity contribution in [1.82, 2.24) is 10.3 Å². The Morgan fingerprint density at radius 1 is 1.05 bits per heavy atom. The van der Waals surface area contributed by atoms with Crippen molar-refractivity contribution in [3.63, 3.8) is 0 Å². The Bertz CT molecular complexity index is 1260.